The topological polar surface area (TPSA) is 60.2 Å². The zero-order chi connectivity index (χ0) is 10.6. The smallest absolute Gasteiger partial charge is 0.153 e. The molecular weight excluding hydrogens is 198 g/mol. The number of hydrogen-bond donors (Lipinski definition) is 1. The van der Waals surface area contributed by atoms with Gasteiger partial charge in [0.15, 0.2) is 9.84 Å². The summed E-state index contributed by atoms with van der Waals surface area (Å²) in [5.41, 5.74) is 5.32. The van der Waals surface area contributed by atoms with E-state index in [1.165, 1.54) is 0 Å². The van der Waals surface area contributed by atoms with E-state index in [1.54, 1.807) is 0 Å². The van der Waals surface area contributed by atoms with Crippen molar-refractivity contribution in [3.8, 4) is 0 Å². The van der Waals surface area contributed by atoms with Gasteiger partial charge in [0.2, 0.25) is 0 Å². The zero-order valence-electron chi connectivity index (χ0n) is 8.91. The summed E-state index contributed by atoms with van der Waals surface area (Å²) in [6.45, 7) is 2.67. The van der Waals surface area contributed by atoms with Gasteiger partial charge in [-0.2, -0.15) is 0 Å². The molecule has 0 aromatic heterocycles. The molecule has 0 aliphatic heterocycles. The predicted molar refractivity (Wildman–Crippen MR) is 58.9 cm³/mol. The van der Waals surface area contributed by atoms with Crippen LogP contribution in [0.1, 0.15) is 39.0 Å². The molecule has 0 radical (unpaired) electrons. The summed E-state index contributed by atoms with van der Waals surface area (Å²) in [6.07, 6.45) is 4.44. The monoisotopic (exact) mass is 219 g/mol. The van der Waals surface area contributed by atoms with Crippen molar-refractivity contribution in [1.82, 2.24) is 0 Å². The Morgan fingerprint density at radius 1 is 1.21 bits per heavy atom. The molecule has 1 aliphatic rings. The van der Waals surface area contributed by atoms with Crippen LogP contribution in [0.3, 0.4) is 0 Å². The van der Waals surface area contributed by atoms with Crippen LogP contribution in [0.2, 0.25) is 0 Å². The summed E-state index contributed by atoms with van der Waals surface area (Å²) in [5.74, 6) is 0.985. The predicted octanol–water partition coefficient (Wildman–Crippen LogP) is 1.33. The molecule has 0 saturated heterocycles. The maximum absolute atomic E-state index is 11.8. The lowest BCUT2D eigenvalue weighted by Gasteiger charge is -2.25. The average Bonchev–Trinajstić information content (AvgIpc) is 2.16. The van der Waals surface area contributed by atoms with Crippen LogP contribution in [0, 0.1) is 5.92 Å². The van der Waals surface area contributed by atoms with Crippen molar-refractivity contribution in [2.75, 3.05) is 12.3 Å². The minimum Gasteiger partial charge on any atom is -0.330 e. The van der Waals surface area contributed by atoms with Crippen LogP contribution in [0.15, 0.2) is 0 Å². The van der Waals surface area contributed by atoms with Crippen molar-refractivity contribution >= 4 is 9.84 Å². The fourth-order valence-electron chi connectivity index (χ4n) is 2.04. The van der Waals surface area contributed by atoms with Crippen molar-refractivity contribution in [3.63, 3.8) is 0 Å². The van der Waals surface area contributed by atoms with Crippen LogP contribution in [-0.2, 0) is 9.84 Å². The molecular formula is C10H21NO2S. The molecule has 3 nitrogen and oxygen atoms in total. The summed E-state index contributed by atoms with van der Waals surface area (Å²) in [6, 6.07) is 0. The molecule has 4 heteroatoms. The van der Waals surface area contributed by atoms with Crippen molar-refractivity contribution in [2.45, 2.75) is 44.3 Å². The van der Waals surface area contributed by atoms with Crippen LogP contribution in [0.25, 0.3) is 0 Å². The van der Waals surface area contributed by atoms with E-state index in [9.17, 15) is 8.42 Å². The van der Waals surface area contributed by atoms with Gasteiger partial charge < -0.3 is 5.73 Å². The third-order valence-electron chi connectivity index (χ3n) is 3.10. The molecule has 2 N–H and O–H groups in total. The maximum Gasteiger partial charge on any atom is 0.153 e. The number of hydrogen-bond acceptors (Lipinski definition) is 3. The quantitative estimate of drug-likeness (QED) is 0.776. The van der Waals surface area contributed by atoms with Crippen LogP contribution < -0.4 is 5.73 Å². The van der Waals surface area contributed by atoms with E-state index in [-0.39, 0.29) is 11.0 Å². The second-order valence-corrected chi connectivity index (χ2v) is 6.79. The molecule has 0 atom stereocenters. The van der Waals surface area contributed by atoms with Gasteiger partial charge in [-0.1, -0.05) is 6.92 Å². The normalized spacial score (nSPS) is 29.0. The van der Waals surface area contributed by atoms with Crippen molar-refractivity contribution < 1.29 is 8.42 Å². The van der Waals surface area contributed by atoms with Crippen LogP contribution in [0.5, 0.6) is 0 Å². The number of rotatable bonds is 4. The Hall–Kier alpha value is -0.0900. The Bertz CT molecular complexity index is 253. The highest BCUT2D eigenvalue weighted by Gasteiger charge is 2.28. The SMILES string of the molecule is CC1CCC(S(=O)(=O)CCCN)CC1. The second kappa shape index (κ2) is 5.12. The molecule has 0 bridgehead atoms. The lowest BCUT2D eigenvalue weighted by Crippen LogP contribution is -2.29. The lowest BCUT2D eigenvalue weighted by molar-refractivity contribution is 0.382. The van der Waals surface area contributed by atoms with Gasteiger partial charge in [0.25, 0.3) is 0 Å². The van der Waals surface area contributed by atoms with Crippen LogP contribution in [-0.4, -0.2) is 26.0 Å². The van der Waals surface area contributed by atoms with E-state index >= 15 is 0 Å². The van der Waals surface area contributed by atoms with Gasteiger partial charge in [-0.25, -0.2) is 8.42 Å². The van der Waals surface area contributed by atoms with E-state index < -0.39 is 9.84 Å². The largest absolute Gasteiger partial charge is 0.330 e. The van der Waals surface area contributed by atoms with Crippen molar-refractivity contribution in [1.29, 1.82) is 0 Å². The first-order valence-corrected chi connectivity index (χ1v) is 7.19. The molecule has 0 aromatic carbocycles. The average molecular weight is 219 g/mol. The van der Waals surface area contributed by atoms with Gasteiger partial charge in [-0.3, -0.25) is 0 Å². The summed E-state index contributed by atoms with van der Waals surface area (Å²) in [5, 5.41) is -0.0785. The Balaban J connectivity index is 2.47. The highest BCUT2D eigenvalue weighted by atomic mass is 32.2. The fourth-order valence-corrected chi connectivity index (χ4v) is 3.93. The summed E-state index contributed by atoms with van der Waals surface area (Å²) >= 11 is 0. The molecule has 1 saturated carbocycles. The summed E-state index contributed by atoms with van der Waals surface area (Å²) < 4.78 is 23.6. The molecule has 14 heavy (non-hydrogen) atoms. The second-order valence-electron chi connectivity index (χ2n) is 4.39. The number of sulfone groups is 1. The third-order valence-corrected chi connectivity index (χ3v) is 5.45. The molecule has 0 unspecified atom stereocenters. The van der Waals surface area contributed by atoms with Gasteiger partial charge >= 0.3 is 0 Å². The lowest BCUT2D eigenvalue weighted by atomic mass is 9.91. The van der Waals surface area contributed by atoms with E-state index in [1.807, 2.05) is 0 Å². The molecule has 1 aliphatic carbocycles. The zero-order valence-corrected chi connectivity index (χ0v) is 9.72. The van der Waals surface area contributed by atoms with Gasteiger partial charge in [0.1, 0.15) is 0 Å². The van der Waals surface area contributed by atoms with E-state index in [4.69, 9.17) is 5.73 Å². The minimum atomic E-state index is -2.85. The number of nitrogens with two attached hydrogens (primary N) is 1. The van der Waals surface area contributed by atoms with Gasteiger partial charge in [-0.05, 0) is 44.6 Å². The molecule has 0 aromatic rings. The van der Waals surface area contributed by atoms with E-state index in [2.05, 4.69) is 6.92 Å². The molecule has 84 valence electrons. The molecule has 0 heterocycles. The van der Waals surface area contributed by atoms with Gasteiger partial charge in [-0.15, -0.1) is 0 Å². The van der Waals surface area contributed by atoms with E-state index in [0.717, 1.165) is 25.7 Å². The third kappa shape index (κ3) is 3.24. The summed E-state index contributed by atoms with van der Waals surface area (Å²) in [4.78, 5) is 0. The Morgan fingerprint density at radius 2 is 1.79 bits per heavy atom. The summed E-state index contributed by atoms with van der Waals surface area (Å²) in [7, 11) is -2.85. The molecule has 0 amide bonds. The first-order chi connectivity index (χ1) is 6.56. The molecule has 0 spiro atoms. The van der Waals surface area contributed by atoms with Crippen LogP contribution >= 0.6 is 0 Å². The van der Waals surface area contributed by atoms with Crippen molar-refractivity contribution in [2.24, 2.45) is 11.7 Å². The standard InChI is InChI=1S/C10H21NO2S/c1-9-3-5-10(6-4-9)14(12,13)8-2-7-11/h9-10H,2-8,11H2,1H3. The van der Waals surface area contributed by atoms with E-state index in [0.29, 0.717) is 18.9 Å². The highest BCUT2D eigenvalue weighted by Crippen LogP contribution is 2.28. The maximum atomic E-state index is 11.8. The first kappa shape index (κ1) is 12.0. The van der Waals surface area contributed by atoms with Gasteiger partial charge in [0.05, 0.1) is 11.0 Å². The molecule has 1 rings (SSSR count). The highest BCUT2D eigenvalue weighted by molar-refractivity contribution is 7.92. The Labute approximate surface area is 87.0 Å². The molecule has 1 fully saturated rings. The minimum absolute atomic E-state index is 0.0785. The fraction of sp³-hybridized carbons (Fsp3) is 1.00. The first-order valence-electron chi connectivity index (χ1n) is 5.48. The Morgan fingerprint density at radius 3 is 2.29 bits per heavy atom. The van der Waals surface area contributed by atoms with Crippen molar-refractivity contribution in [3.05, 3.63) is 0 Å². The van der Waals surface area contributed by atoms with Gasteiger partial charge in [0, 0.05) is 0 Å². The van der Waals surface area contributed by atoms with Crippen LogP contribution in [0.4, 0.5) is 0 Å². The Kier molecular flexibility index (Phi) is 4.38.